The molecule has 9 heteroatoms. The second kappa shape index (κ2) is 10.4. The molecule has 3 heterocycles. The molecule has 0 bridgehead atoms. The lowest BCUT2D eigenvalue weighted by molar-refractivity contribution is -0.132. The highest BCUT2D eigenvalue weighted by atomic mass is 32.2. The molecule has 1 aromatic heterocycles. The average molecular weight is 481 g/mol. The standard InChI is InChI=1S/C23H29FN2O4S2/c24-19-7-4-6-18(14-19)16-25(17-20-8-5-13-30-20)22(27)15-21-9-10-23(31-21)32(28,29)26-11-2-1-3-12-26/h4,6-7,9-10,14,20H,1-3,5,8,11-13,15-17H2. The van der Waals surface area contributed by atoms with Gasteiger partial charge in [0.05, 0.1) is 12.5 Å². The Morgan fingerprint density at radius 3 is 2.69 bits per heavy atom. The molecule has 1 amide bonds. The minimum Gasteiger partial charge on any atom is -0.376 e. The van der Waals surface area contributed by atoms with Crippen molar-refractivity contribution >= 4 is 27.3 Å². The third kappa shape index (κ3) is 5.75. The van der Waals surface area contributed by atoms with E-state index in [1.54, 1.807) is 33.5 Å². The molecule has 6 nitrogen and oxygen atoms in total. The fourth-order valence-corrected chi connectivity index (χ4v) is 7.25. The summed E-state index contributed by atoms with van der Waals surface area (Å²) in [5.41, 5.74) is 0.718. The normalized spacial score (nSPS) is 19.8. The van der Waals surface area contributed by atoms with Gasteiger partial charge in [-0.1, -0.05) is 18.6 Å². The minimum absolute atomic E-state index is 0.0223. The topological polar surface area (TPSA) is 66.9 Å². The first-order valence-electron chi connectivity index (χ1n) is 11.1. The predicted octanol–water partition coefficient (Wildman–Crippen LogP) is 3.81. The van der Waals surface area contributed by atoms with Crippen molar-refractivity contribution in [2.24, 2.45) is 0 Å². The van der Waals surface area contributed by atoms with Crippen molar-refractivity contribution in [2.45, 2.75) is 55.4 Å². The van der Waals surface area contributed by atoms with Crippen molar-refractivity contribution in [3.8, 4) is 0 Å². The minimum atomic E-state index is -3.50. The van der Waals surface area contributed by atoms with Crippen LogP contribution in [0.25, 0.3) is 0 Å². The molecule has 0 radical (unpaired) electrons. The fourth-order valence-electron chi connectivity index (χ4n) is 4.23. The highest BCUT2D eigenvalue weighted by Crippen LogP contribution is 2.28. The summed E-state index contributed by atoms with van der Waals surface area (Å²) >= 11 is 1.16. The Hall–Kier alpha value is -1.81. The van der Waals surface area contributed by atoms with Gasteiger partial charge in [-0.25, -0.2) is 12.8 Å². The van der Waals surface area contributed by atoms with Gasteiger partial charge >= 0.3 is 0 Å². The molecule has 2 aromatic rings. The number of carbonyl (C=O) groups is 1. The zero-order valence-electron chi connectivity index (χ0n) is 18.0. The van der Waals surface area contributed by atoms with Crippen molar-refractivity contribution in [2.75, 3.05) is 26.2 Å². The van der Waals surface area contributed by atoms with Gasteiger partial charge in [0, 0.05) is 37.7 Å². The summed E-state index contributed by atoms with van der Waals surface area (Å²) < 4.78 is 47.0. The van der Waals surface area contributed by atoms with E-state index >= 15 is 0 Å². The van der Waals surface area contributed by atoms with E-state index in [1.807, 2.05) is 0 Å². The average Bonchev–Trinajstić information content (AvgIpc) is 3.46. The summed E-state index contributed by atoms with van der Waals surface area (Å²) in [5.74, 6) is -0.452. The first kappa shape index (κ1) is 23.4. The van der Waals surface area contributed by atoms with Gasteiger partial charge in [0.2, 0.25) is 5.91 Å². The Labute approximate surface area is 193 Å². The maximum absolute atomic E-state index is 13.7. The van der Waals surface area contributed by atoms with E-state index in [1.165, 1.54) is 12.1 Å². The third-order valence-corrected chi connectivity index (χ3v) is 9.39. The molecular formula is C23H29FN2O4S2. The molecular weight excluding hydrogens is 451 g/mol. The molecule has 1 atom stereocenters. The number of thiophene rings is 1. The van der Waals surface area contributed by atoms with E-state index in [0.717, 1.165) is 49.0 Å². The van der Waals surface area contributed by atoms with Crippen molar-refractivity contribution in [3.63, 3.8) is 0 Å². The van der Waals surface area contributed by atoms with Crippen LogP contribution in [0.2, 0.25) is 0 Å². The predicted molar refractivity (Wildman–Crippen MR) is 121 cm³/mol. The quantitative estimate of drug-likeness (QED) is 0.576. The lowest BCUT2D eigenvalue weighted by Gasteiger charge is -2.26. The smallest absolute Gasteiger partial charge is 0.252 e. The van der Waals surface area contributed by atoms with Crippen LogP contribution in [0.4, 0.5) is 4.39 Å². The zero-order chi connectivity index (χ0) is 22.6. The number of piperidine rings is 1. The molecule has 0 saturated carbocycles. The zero-order valence-corrected chi connectivity index (χ0v) is 19.7. The van der Waals surface area contributed by atoms with E-state index in [2.05, 4.69) is 0 Å². The van der Waals surface area contributed by atoms with Crippen LogP contribution < -0.4 is 0 Å². The van der Waals surface area contributed by atoms with Gasteiger partial charge in [0.1, 0.15) is 10.0 Å². The maximum Gasteiger partial charge on any atom is 0.252 e. The lowest BCUT2D eigenvalue weighted by Crippen LogP contribution is -2.37. The molecule has 2 aliphatic heterocycles. The van der Waals surface area contributed by atoms with Crippen molar-refractivity contribution in [1.82, 2.24) is 9.21 Å². The summed E-state index contributed by atoms with van der Waals surface area (Å²) in [6.07, 6.45) is 4.78. The Morgan fingerprint density at radius 2 is 1.97 bits per heavy atom. The van der Waals surface area contributed by atoms with Crippen LogP contribution in [0.15, 0.2) is 40.6 Å². The molecule has 4 rings (SSSR count). The number of sulfonamides is 1. The van der Waals surface area contributed by atoms with E-state index < -0.39 is 10.0 Å². The SMILES string of the molecule is O=C(Cc1ccc(S(=O)(=O)N2CCCCC2)s1)N(Cc1cccc(F)c1)CC1CCCO1. The highest BCUT2D eigenvalue weighted by Gasteiger charge is 2.28. The first-order valence-corrected chi connectivity index (χ1v) is 13.4. The summed E-state index contributed by atoms with van der Waals surface area (Å²) in [6.45, 7) is 2.53. The van der Waals surface area contributed by atoms with E-state index in [4.69, 9.17) is 4.74 Å². The highest BCUT2D eigenvalue weighted by molar-refractivity contribution is 7.91. The summed E-state index contributed by atoms with van der Waals surface area (Å²) in [4.78, 5) is 15.6. The van der Waals surface area contributed by atoms with Gasteiger partial charge < -0.3 is 9.64 Å². The molecule has 2 saturated heterocycles. The molecule has 32 heavy (non-hydrogen) atoms. The number of carbonyl (C=O) groups excluding carboxylic acids is 1. The number of hydrogen-bond acceptors (Lipinski definition) is 5. The Balaban J connectivity index is 1.46. The molecule has 0 aliphatic carbocycles. The maximum atomic E-state index is 13.7. The van der Waals surface area contributed by atoms with Gasteiger partial charge in [0.25, 0.3) is 10.0 Å². The van der Waals surface area contributed by atoms with Crippen LogP contribution >= 0.6 is 11.3 Å². The van der Waals surface area contributed by atoms with Crippen LogP contribution in [0.3, 0.4) is 0 Å². The Morgan fingerprint density at radius 1 is 1.16 bits per heavy atom. The van der Waals surface area contributed by atoms with E-state index in [9.17, 15) is 17.6 Å². The number of halogens is 1. The second-order valence-corrected chi connectivity index (χ2v) is 11.7. The van der Waals surface area contributed by atoms with Gasteiger partial charge in [0.15, 0.2) is 0 Å². The summed E-state index contributed by atoms with van der Waals surface area (Å²) in [7, 11) is -3.50. The van der Waals surface area contributed by atoms with Crippen LogP contribution in [-0.2, 0) is 32.5 Å². The first-order chi connectivity index (χ1) is 15.4. The Bertz CT molecular complexity index is 1030. The summed E-state index contributed by atoms with van der Waals surface area (Å²) in [6, 6.07) is 9.58. The Kier molecular flexibility index (Phi) is 7.60. The molecule has 1 aromatic carbocycles. The largest absolute Gasteiger partial charge is 0.376 e. The molecule has 0 spiro atoms. The number of ether oxygens (including phenoxy) is 1. The van der Waals surface area contributed by atoms with Crippen LogP contribution in [0.1, 0.15) is 42.5 Å². The number of benzene rings is 1. The second-order valence-electron chi connectivity index (χ2n) is 8.40. The molecule has 2 aliphatic rings. The number of amides is 1. The monoisotopic (exact) mass is 480 g/mol. The van der Waals surface area contributed by atoms with Crippen LogP contribution in [-0.4, -0.2) is 55.9 Å². The van der Waals surface area contributed by atoms with Gasteiger partial charge in [-0.15, -0.1) is 11.3 Å². The van der Waals surface area contributed by atoms with Gasteiger partial charge in [-0.2, -0.15) is 4.31 Å². The third-order valence-electron chi connectivity index (χ3n) is 5.93. The van der Waals surface area contributed by atoms with Crippen molar-refractivity contribution < 1.29 is 22.3 Å². The van der Waals surface area contributed by atoms with Crippen molar-refractivity contribution in [1.29, 1.82) is 0 Å². The number of hydrogen-bond donors (Lipinski definition) is 0. The molecule has 2 fully saturated rings. The molecule has 174 valence electrons. The fraction of sp³-hybridized carbons (Fsp3) is 0.522. The van der Waals surface area contributed by atoms with Crippen LogP contribution in [0.5, 0.6) is 0 Å². The molecule has 0 N–H and O–H groups in total. The number of nitrogens with zero attached hydrogens (tertiary/aromatic N) is 2. The lowest BCUT2D eigenvalue weighted by atomic mass is 10.1. The van der Waals surface area contributed by atoms with Gasteiger partial charge in [-0.05, 0) is 55.5 Å². The van der Waals surface area contributed by atoms with Gasteiger partial charge in [-0.3, -0.25) is 4.79 Å². The van der Waals surface area contributed by atoms with E-state index in [-0.39, 0.29) is 28.5 Å². The van der Waals surface area contributed by atoms with Crippen LogP contribution in [0, 0.1) is 5.82 Å². The molecule has 1 unspecified atom stereocenters. The number of rotatable bonds is 8. The summed E-state index contributed by atoms with van der Waals surface area (Å²) in [5, 5.41) is 0. The van der Waals surface area contributed by atoms with E-state index in [0.29, 0.717) is 37.7 Å². The van der Waals surface area contributed by atoms with Crippen molar-refractivity contribution in [3.05, 3.63) is 52.7 Å².